The molecule has 0 saturated heterocycles. The standard InChI is InChI=1S/C24H20Br2N6O2/c1-15-11-30(14-27-15)23-28-21-20(31(23)12-16-7-3-5-9-18(16)25)22(33)32(24(34)29(21)2)13-17-8-4-6-10-19(17)26/h3-11,14H,12-13H2,1-2H3. The summed E-state index contributed by atoms with van der Waals surface area (Å²) in [7, 11) is 1.64. The van der Waals surface area contributed by atoms with Crippen LogP contribution in [0.25, 0.3) is 17.1 Å². The number of benzene rings is 2. The van der Waals surface area contributed by atoms with Crippen molar-refractivity contribution in [1.29, 1.82) is 0 Å². The molecule has 0 aliphatic rings. The Labute approximate surface area is 211 Å². The molecule has 5 rings (SSSR count). The number of rotatable bonds is 5. The Bertz CT molecular complexity index is 1660. The number of aromatic nitrogens is 6. The average molecular weight is 584 g/mol. The van der Waals surface area contributed by atoms with E-state index < -0.39 is 11.2 Å². The van der Waals surface area contributed by atoms with Crippen LogP contribution in [0.2, 0.25) is 0 Å². The van der Waals surface area contributed by atoms with Crippen molar-refractivity contribution >= 4 is 43.0 Å². The minimum Gasteiger partial charge on any atom is -0.299 e. The lowest BCUT2D eigenvalue weighted by Crippen LogP contribution is -2.40. The predicted molar refractivity (Wildman–Crippen MR) is 138 cm³/mol. The largest absolute Gasteiger partial charge is 0.332 e. The van der Waals surface area contributed by atoms with Gasteiger partial charge >= 0.3 is 5.69 Å². The summed E-state index contributed by atoms with van der Waals surface area (Å²) in [4.78, 5) is 36.1. The number of nitrogens with zero attached hydrogens (tertiary/aromatic N) is 6. The van der Waals surface area contributed by atoms with Crippen LogP contribution in [0.15, 0.2) is 79.6 Å². The maximum absolute atomic E-state index is 13.8. The van der Waals surface area contributed by atoms with Crippen LogP contribution in [0, 0.1) is 6.92 Å². The summed E-state index contributed by atoms with van der Waals surface area (Å²) < 4.78 is 8.05. The van der Waals surface area contributed by atoms with Gasteiger partial charge in [0.15, 0.2) is 11.2 Å². The maximum Gasteiger partial charge on any atom is 0.332 e. The highest BCUT2D eigenvalue weighted by molar-refractivity contribution is 9.10. The molecule has 0 saturated carbocycles. The lowest BCUT2D eigenvalue weighted by Gasteiger charge is -2.13. The zero-order valence-electron chi connectivity index (χ0n) is 18.4. The minimum absolute atomic E-state index is 0.141. The molecule has 10 heteroatoms. The van der Waals surface area contributed by atoms with Gasteiger partial charge in [-0.05, 0) is 30.2 Å². The van der Waals surface area contributed by atoms with E-state index in [4.69, 9.17) is 4.98 Å². The summed E-state index contributed by atoms with van der Waals surface area (Å²) in [5, 5.41) is 0. The smallest absolute Gasteiger partial charge is 0.299 e. The molecule has 0 bridgehead atoms. The summed E-state index contributed by atoms with van der Waals surface area (Å²) in [6, 6.07) is 15.4. The highest BCUT2D eigenvalue weighted by Gasteiger charge is 2.22. The summed E-state index contributed by atoms with van der Waals surface area (Å²) in [6.07, 6.45) is 3.50. The van der Waals surface area contributed by atoms with Crippen LogP contribution in [0.3, 0.4) is 0 Å². The van der Waals surface area contributed by atoms with Crippen molar-refractivity contribution in [2.45, 2.75) is 20.0 Å². The van der Waals surface area contributed by atoms with Gasteiger partial charge in [-0.1, -0.05) is 68.3 Å². The number of imidazole rings is 2. The van der Waals surface area contributed by atoms with Crippen LogP contribution in [-0.2, 0) is 20.1 Å². The van der Waals surface area contributed by atoms with Crippen molar-refractivity contribution < 1.29 is 0 Å². The van der Waals surface area contributed by atoms with Gasteiger partial charge in [-0.2, -0.15) is 4.98 Å². The van der Waals surface area contributed by atoms with E-state index in [1.54, 1.807) is 17.9 Å². The van der Waals surface area contributed by atoms with E-state index >= 15 is 0 Å². The molecule has 0 fully saturated rings. The van der Waals surface area contributed by atoms with Gasteiger partial charge in [0.2, 0.25) is 5.95 Å². The first-order valence-electron chi connectivity index (χ1n) is 10.5. The number of fused-ring (bicyclic) bond motifs is 1. The molecular formula is C24H20Br2N6O2. The van der Waals surface area contributed by atoms with E-state index in [1.165, 1.54) is 9.13 Å². The fourth-order valence-electron chi connectivity index (χ4n) is 3.97. The number of hydrogen-bond donors (Lipinski definition) is 0. The second-order valence-electron chi connectivity index (χ2n) is 8.01. The fraction of sp³-hybridized carbons (Fsp3) is 0.167. The summed E-state index contributed by atoms with van der Waals surface area (Å²) in [5.74, 6) is 0.511. The van der Waals surface area contributed by atoms with Gasteiger partial charge in [-0.3, -0.25) is 23.1 Å². The van der Waals surface area contributed by atoms with Crippen molar-refractivity contribution in [3.63, 3.8) is 0 Å². The van der Waals surface area contributed by atoms with Crippen LogP contribution < -0.4 is 11.2 Å². The fourth-order valence-corrected chi connectivity index (χ4v) is 4.79. The molecule has 5 aromatic rings. The van der Waals surface area contributed by atoms with Gasteiger partial charge in [0.25, 0.3) is 5.56 Å². The first-order chi connectivity index (χ1) is 16.3. The van der Waals surface area contributed by atoms with Crippen LogP contribution in [0.4, 0.5) is 0 Å². The van der Waals surface area contributed by atoms with E-state index in [1.807, 2.05) is 66.2 Å². The first-order valence-corrected chi connectivity index (χ1v) is 12.1. The molecule has 0 atom stereocenters. The Kier molecular flexibility index (Phi) is 5.86. The first kappa shape index (κ1) is 22.5. The van der Waals surface area contributed by atoms with Gasteiger partial charge in [0.05, 0.1) is 18.8 Å². The molecular weight excluding hydrogens is 564 g/mol. The summed E-state index contributed by atoms with van der Waals surface area (Å²) in [5.41, 5.74) is 2.50. The topological polar surface area (TPSA) is 79.6 Å². The number of hydrogen-bond acceptors (Lipinski definition) is 4. The van der Waals surface area contributed by atoms with Gasteiger partial charge < -0.3 is 0 Å². The number of halogens is 2. The van der Waals surface area contributed by atoms with E-state index in [9.17, 15) is 9.59 Å². The third-order valence-electron chi connectivity index (χ3n) is 5.73. The van der Waals surface area contributed by atoms with Gasteiger partial charge in [-0.15, -0.1) is 0 Å². The summed E-state index contributed by atoms with van der Waals surface area (Å²) >= 11 is 7.12. The van der Waals surface area contributed by atoms with Crippen LogP contribution in [0.1, 0.15) is 16.8 Å². The van der Waals surface area contributed by atoms with E-state index in [-0.39, 0.29) is 6.54 Å². The Balaban J connectivity index is 1.80. The Morgan fingerprint density at radius 1 is 0.882 bits per heavy atom. The molecule has 0 radical (unpaired) electrons. The molecule has 0 spiro atoms. The molecule has 0 N–H and O–H groups in total. The Morgan fingerprint density at radius 2 is 1.47 bits per heavy atom. The van der Waals surface area contributed by atoms with Crippen molar-refractivity contribution in [2.24, 2.45) is 7.05 Å². The SMILES string of the molecule is Cc1cn(-c2nc3c(c(=O)n(Cc4ccccc4Br)c(=O)n3C)n2Cc2ccccc2Br)cn1. The molecule has 0 aliphatic carbocycles. The van der Waals surface area contributed by atoms with Gasteiger partial charge in [-0.25, -0.2) is 9.78 Å². The molecule has 34 heavy (non-hydrogen) atoms. The second kappa shape index (κ2) is 8.84. The van der Waals surface area contributed by atoms with Crippen LogP contribution in [0.5, 0.6) is 0 Å². The predicted octanol–water partition coefficient (Wildman–Crippen LogP) is 4.01. The quantitative estimate of drug-likeness (QED) is 0.313. The third kappa shape index (κ3) is 3.86. The minimum atomic E-state index is -0.424. The van der Waals surface area contributed by atoms with Crippen molar-refractivity contribution in [2.75, 3.05) is 0 Å². The molecule has 3 aromatic heterocycles. The Morgan fingerprint density at radius 3 is 2.03 bits per heavy atom. The zero-order chi connectivity index (χ0) is 24.0. The molecule has 172 valence electrons. The van der Waals surface area contributed by atoms with Crippen LogP contribution in [-0.4, -0.2) is 28.2 Å². The van der Waals surface area contributed by atoms with E-state index in [2.05, 4.69) is 36.8 Å². The summed E-state index contributed by atoms with van der Waals surface area (Å²) in [6.45, 7) is 2.41. The highest BCUT2D eigenvalue weighted by Crippen LogP contribution is 2.22. The van der Waals surface area contributed by atoms with Crippen molar-refractivity contribution in [3.8, 4) is 5.95 Å². The monoisotopic (exact) mass is 582 g/mol. The number of aryl methyl sites for hydroxylation is 2. The van der Waals surface area contributed by atoms with Crippen LogP contribution >= 0.6 is 31.9 Å². The normalized spacial score (nSPS) is 11.4. The average Bonchev–Trinajstić information content (AvgIpc) is 3.41. The molecule has 8 nitrogen and oxygen atoms in total. The molecule has 0 unspecified atom stereocenters. The molecule has 2 aromatic carbocycles. The molecule has 3 heterocycles. The van der Waals surface area contributed by atoms with Gasteiger partial charge in [0.1, 0.15) is 6.33 Å². The lowest BCUT2D eigenvalue weighted by atomic mass is 10.2. The lowest BCUT2D eigenvalue weighted by molar-refractivity contribution is 0.651. The van der Waals surface area contributed by atoms with E-state index in [0.29, 0.717) is 23.7 Å². The third-order valence-corrected chi connectivity index (χ3v) is 7.27. The van der Waals surface area contributed by atoms with Gasteiger partial charge in [0, 0.05) is 22.2 Å². The maximum atomic E-state index is 13.8. The van der Waals surface area contributed by atoms with Crippen molar-refractivity contribution in [1.82, 2.24) is 28.2 Å². The second-order valence-corrected chi connectivity index (χ2v) is 9.72. The highest BCUT2D eigenvalue weighted by atomic mass is 79.9. The van der Waals surface area contributed by atoms with Crippen molar-refractivity contribution in [3.05, 3.63) is 108 Å². The Hall–Kier alpha value is -3.24. The molecule has 0 aliphatic heterocycles. The zero-order valence-corrected chi connectivity index (χ0v) is 21.6. The molecule has 0 amide bonds. The van der Waals surface area contributed by atoms with E-state index in [0.717, 1.165) is 25.8 Å².